The molecule has 0 saturated carbocycles. The number of ether oxygens (including phenoxy) is 2. The topological polar surface area (TPSA) is 49.3 Å². The summed E-state index contributed by atoms with van der Waals surface area (Å²) < 4.78 is 24.7. The van der Waals surface area contributed by atoms with Gasteiger partial charge in [0.25, 0.3) is 0 Å². The largest absolute Gasteiger partial charge is 0.381 e. The maximum atomic E-state index is 13.5. The van der Waals surface area contributed by atoms with Gasteiger partial charge in [-0.2, -0.15) is 0 Å². The number of rotatable bonds is 5. The third kappa shape index (κ3) is 4.90. The van der Waals surface area contributed by atoms with Gasteiger partial charge in [0, 0.05) is 44.7 Å². The monoisotopic (exact) mass is 404 g/mol. The Hall–Kier alpha value is -1.70. The average Bonchev–Trinajstić information content (AvgIpc) is 3.39. The first-order valence-electron chi connectivity index (χ1n) is 10.9. The lowest BCUT2D eigenvalue weighted by Gasteiger charge is -2.34. The normalized spacial score (nSPS) is 27.0. The molecule has 3 aliphatic rings. The standard InChI is InChI=1S/C22H33FN4O2/c1-2-24-21(27-9-7-22(16-27)8-12-29-17-22)25-15-20(26-10-13-28-14-11-26)18-3-5-19(23)6-4-18/h3-6,20H,2,7-17H2,1H3,(H,24,25). The van der Waals surface area contributed by atoms with Gasteiger partial charge in [-0.3, -0.25) is 9.89 Å². The van der Waals surface area contributed by atoms with Crippen LogP contribution in [0.25, 0.3) is 0 Å². The molecule has 3 aliphatic heterocycles. The van der Waals surface area contributed by atoms with Crippen LogP contribution in [0.1, 0.15) is 31.4 Å². The quantitative estimate of drug-likeness (QED) is 0.603. The molecule has 0 radical (unpaired) electrons. The predicted molar refractivity (Wildman–Crippen MR) is 112 cm³/mol. The van der Waals surface area contributed by atoms with Crippen LogP contribution in [-0.2, 0) is 9.47 Å². The van der Waals surface area contributed by atoms with Crippen molar-refractivity contribution in [2.24, 2.45) is 10.4 Å². The number of guanidine groups is 1. The third-order valence-electron chi connectivity index (χ3n) is 6.41. The zero-order chi connectivity index (χ0) is 20.1. The van der Waals surface area contributed by atoms with Gasteiger partial charge in [-0.05, 0) is 37.5 Å². The zero-order valence-electron chi connectivity index (χ0n) is 17.4. The first-order valence-corrected chi connectivity index (χ1v) is 10.9. The number of hydrogen-bond donors (Lipinski definition) is 1. The molecule has 3 heterocycles. The van der Waals surface area contributed by atoms with E-state index in [1.165, 1.54) is 6.42 Å². The molecule has 2 atom stereocenters. The first-order chi connectivity index (χ1) is 14.2. The number of morpholine rings is 1. The van der Waals surface area contributed by atoms with Crippen LogP contribution in [0.5, 0.6) is 0 Å². The lowest BCUT2D eigenvalue weighted by Crippen LogP contribution is -2.43. The molecule has 4 rings (SSSR count). The highest BCUT2D eigenvalue weighted by Crippen LogP contribution is 2.38. The fourth-order valence-electron chi connectivity index (χ4n) is 4.69. The van der Waals surface area contributed by atoms with E-state index in [4.69, 9.17) is 14.5 Å². The van der Waals surface area contributed by atoms with E-state index in [9.17, 15) is 4.39 Å². The van der Waals surface area contributed by atoms with Crippen LogP contribution in [0.4, 0.5) is 4.39 Å². The summed E-state index contributed by atoms with van der Waals surface area (Å²) >= 11 is 0. The molecule has 0 amide bonds. The molecule has 0 aliphatic carbocycles. The smallest absolute Gasteiger partial charge is 0.194 e. The van der Waals surface area contributed by atoms with E-state index < -0.39 is 0 Å². The van der Waals surface area contributed by atoms with Crippen LogP contribution in [0.3, 0.4) is 0 Å². The predicted octanol–water partition coefficient (Wildman–Crippen LogP) is 2.28. The van der Waals surface area contributed by atoms with Crippen molar-refractivity contribution in [3.05, 3.63) is 35.6 Å². The van der Waals surface area contributed by atoms with E-state index in [1.807, 2.05) is 12.1 Å². The van der Waals surface area contributed by atoms with Gasteiger partial charge in [0.15, 0.2) is 5.96 Å². The van der Waals surface area contributed by atoms with Crippen LogP contribution in [0.15, 0.2) is 29.3 Å². The molecule has 0 aromatic heterocycles. The second-order valence-electron chi connectivity index (χ2n) is 8.38. The van der Waals surface area contributed by atoms with Crippen molar-refractivity contribution in [2.75, 3.05) is 65.7 Å². The van der Waals surface area contributed by atoms with Crippen molar-refractivity contribution in [1.82, 2.24) is 15.1 Å². The highest BCUT2D eigenvalue weighted by atomic mass is 19.1. The maximum Gasteiger partial charge on any atom is 0.194 e. The molecule has 1 aromatic carbocycles. The number of aliphatic imine (C=N–C) groups is 1. The van der Waals surface area contributed by atoms with Crippen LogP contribution < -0.4 is 5.32 Å². The molecular weight excluding hydrogens is 371 g/mol. The lowest BCUT2D eigenvalue weighted by molar-refractivity contribution is 0.0179. The molecule has 1 spiro atoms. The number of halogens is 1. The summed E-state index contributed by atoms with van der Waals surface area (Å²) in [5, 5.41) is 3.48. The average molecular weight is 405 g/mol. The molecule has 3 saturated heterocycles. The summed E-state index contributed by atoms with van der Waals surface area (Å²) in [4.78, 5) is 9.83. The Bertz CT molecular complexity index is 685. The van der Waals surface area contributed by atoms with Crippen molar-refractivity contribution >= 4 is 5.96 Å². The SMILES string of the molecule is CCNC(=NCC(c1ccc(F)cc1)N1CCOCC1)N1CCC2(CCOC2)C1. The van der Waals surface area contributed by atoms with Crippen molar-refractivity contribution in [1.29, 1.82) is 0 Å². The number of likely N-dealkylation sites (tertiary alicyclic amines) is 1. The fourth-order valence-corrected chi connectivity index (χ4v) is 4.69. The fraction of sp³-hybridized carbons (Fsp3) is 0.682. The third-order valence-corrected chi connectivity index (χ3v) is 6.41. The molecule has 3 fully saturated rings. The highest BCUT2D eigenvalue weighted by Gasteiger charge is 2.42. The molecule has 6 nitrogen and oxygen atoms in total. The van der Waals surface area contributed by atoms with Gasteiger partial charge in [0.1, 0.15) is 5.82 Å². The van der Waals surface area contributed by atoms with Crippen LogP contribution in [0.2, 0.25) is 0 Å². The second-order valence-corrected chi connectivity index (χ2v) is 8.38. The summed E-state index contributed by atoms with van der Waals surface area (Å²) in [6, 6.07) is 6.99. The molecular formula is C22H33FN4O2. The molecule has 29 heavy (non-hydrogen) atoms. The Morgan fingerprint density at radius 1 is 1.14 bits per heavy atom. The second kappa shape index (κ2) is 9.41. The van der Waals surface area contributed by atoms with E-state index in [-0.39, 0.29) is 11.9 Å². The number of benzene rings is 1. The Balaban J connectivity index is 1.51. The van der Waals surface area contributed by atoms with Crippen LogP contribution in [0, 0.1) is 11.2 Å². The maximum absolute atomic E-state index is 13.5. The van der Waals surface area contributed by atoms with Crippen molar-refractivity contribution in [3.63, 3.8) is 0 Å². The highest BCUT2D eigenvalue weighted by molar-refractivity contribution is 5.80. The van der Waals surface area contributed by atoms with Gasteiger partial charge < -0.3 is 19.7 Å². The van der Waals surface area contributed by atoms with Gasteiger partial charge in [0.05, 0.1) is 32.4 Å². The van der Waals surface area contributed by atoms with Gasteiger partial charge >= 0.3 is 0 Å². The van der Waals surface area contributed by atoms with Crippen molar-refractivity contribution in [3.8, 4) is 0 Å². The van der Waals surface area contributed by atoms with E-state index in [1.54, 1.807) is 12.1 Å². The van der Waals surface area contributed by atoms with Gasteiger partial charge in [-0.1, -0.05) is 12.1 Å². The van der Waals surface area contributed by atoms with E-state index in [0.717, 1.165) is 77.1 Å². The minimum atomic E-state index is -0.201. The van der Waals surface area contributed by atoms with Gasteiger partial charge in [-0.15, -0.1) is 0 Å². The Kier molecular flexibility index (Phi) is 6.67. The Morgan fingerprint density at radius 2 is 1.93 bits per heavy atom. The van der Waals surface area contributed by atoms with Crippen LogP contribution >= 0.6 is 0 Å². The molecule has 2 unspecified atom stereocenters. The molecule has 7 heteroatoms. The number of hydrogen-bond acceptors (Lipinski definition) is 4. The van der Waals surface area contributed by atoms with E-state index >= 15 is 0 Å². The Morgan fingerprint density at radius 3 is 2.62 bits per heavy atom. The summed E-state index contributed by atoms with van der Waals surface area (Å²) in [5.74, 6) is 0.782. The van der Waals surface area contributed by atoms with E-state index in [0.29, 0.717) is 12.0 Å². The molecule has 160 valence electrons. The van der Waals surface area contributed by atoms with E-state index in [2.05, 4.69) is 22.0 Å². The van der Waals surface area contributed by atoms with Gasteiger partial charge in [-0.25, -0.2) is 4.39 Å². The lowest BCUT2D eigenvalue weighted by atomic mass is 9.87. The minimum absolute atomic E-state index is 0.125. The van der Waals surface area contributed by atoms with Crippen molar-refractivity contribution in [2.45, 2.75) is 25.8 Å². The summed E-state index contributed by atoms with van der Waals surface area (Å²) in [6.07, 6.45) is 2.32. The van der Waals surface area contributed by atoms with Crippen molar-refractivity contribution < 1.29 is 13.9 Å². The number of nitrogens with zero attached hydrogens (tertiary/aromatic N) is 3. The molecule has 1 aromatic rings. The summed E-state index contributed by atoms with van der Waals surface area (Å²) in [6.45, 7) is 10.6. The molecule has 0 bridgehead atoms. The minimum Gasteiger partial charge on any atom is -0.381 e. The first kappa shape index (κ1) is 20.6. The zero-order valence-corrected chi connectivity index (χ0v) is 17.4. The van der Waals surface area contributed by atoms with Gasteiger partial charge in [0.2, 0.25) is 0 Å². The van der Waals surface area contributed by atoms with Crippen LogP contribution in [-0.4, -0.2) is 81.5 Å². The summed E-state index contributed by atoms with van der Waals surface area (Å²) in [5.41, 5.74) is 1.41. The Labute approximate surface area is 173 Å². The summed E-state index contributed by atoms with van der Waals surface area (Å²) in [7, 11) is 0. The number of nitrogens with one attached hydrogen (secondary N) is 1. The molecule has 1 N–H and O–H groups in total.